The molecule has 0 aliphatic heterocycles. The molecule has 2 rings (SSSR count). The van der Waals surface area contributed by atoms with Gasteiger partial charge in [-0.05, 0) is 36.2 Å². The first kappa shape index (κ1) is 12.3. The van der Waals surface area contributed by atoms with Crippen LogP contribution in [0.5, 0.6) is 0 Å². The zero-order valence-corrected chi connectivity index (χ0v) is 9.97. The van der Waals surface area contributed by atoms with Gasteiger partial charge in [-0.15, -0.1) is 0 Å². The second kappa shape index (κ2) is 5.98. The molecule has 0 aromatic heterocycles. The maximum Gasteiger partial charge on any atom is 0.255 e. The van der Waals surface area contributed by atoms with E-state index in [0.717, 1.165) is 11.3 Å². The van der Waals surface area contributed by atoms with Crippen LogP contribution in [-0.4, -0.2) is 17.6 Å². The van der Waals surface area contributed by atoms with E-state index in [9.17, 15) is 4.79 Å². The van der Waals surface area contributed by atoms with Crippen LogP contribution in [0.2, 0.25) is 0 Å². The van der Waals surface area contributed by atoms with Gasteiger partial charge < -0.3 is 10.4 Å². The number of anilines is 1. The van der Waals surface area contributed by atoms with Gasteiger partial charge >= 0.3 is 0 Å². The van der Waals surface area contributed by atoms with Crippen LogP contribution in [0, 0.1) is 0 Å². The lowest BCUT2D eigenvalue weighted by Gasteiger charge is -2.06. The van der Waals surface area contributed by atoms with Gasteiger partial charge in [0.25, 0.3) is 5.91 Å². The lowest BCUT2D eigenvalue weighted by Crippen LogP contribution is -2.12. The van der Waals surface area contributed by atoms with Crippen molar-refractivity contribution in [1.82, 2.24) is 0 Å². The Bertz CT molecular complexity index is 523. The molecule has 0 aliphatic rings. The summed E-state index contributed by atoms with van der Waals surface area (Å²) in [5.41, 5.74) is 2.33. The van der Waals surface area contributed by atoms with E-state index in [-0.39, 0.29) is 12.5 Å². The zero-order chi connectivity index (χ0) is 12.8. The van der Waals surface area contributed by atoms with Crippen molar-refractivity contribution in [2.45, 2.75) is 6.42 Å². The number of rotatable bonds is 4. The second-order valence-corrected chi connectivity index (χ2v) is 3.99. The molecule has 18 heavy (non-hydrogen) atoms. The number of para-hydroxylation sites is 1. The van der Waals surface area contributed by atoms with E-state index in [0.29, 0.717) is 12.0 Å². The number of hydrogen-bond donors (Lipinski definition) is 2. The third kappa shape index (κ3) is 3.18. The molecular weight excluding hydrogens is 226 g/mol. The van der Waals surface area contributed by atoms with Gasteiger partial charge in [0.2, 0.25) is 0 Å². The molecule has 0 fully saturated rings. The van der Waals surface area contributed by atoms with Crippen molar-refractivity contribution in [3.8, 4) is 0 Å². The monoisotopic (exact) mass is 241 g/mol. The van der Waals surface area contributed by atoms with E-state index in [1.165, 1.54) is 0 Å². The van der Waals surface area contributed by atoms with E-state index in [4.69, 9.17) is 5.11 Å². The van der Waals surface area contributed by atoms with Gasteiger partial charge in [0.05, 0.1) is 0 Å². The summed E-state index contributed by atoms with van der Waals surface area (Å²) in [6.45, 7) is 0.0871. The van der Waals surface area contributed by atoms with Crippen LogP contribution >= 0.6 is 0 Å². The van der Waals surface area contributed by atoms with E-state index < -0.39 is 0 Å². The molecule has 92 valence electrons. The fourth-order valence-electron chi connectivity index (χ4n) is 1.72. The van der Waals surface area contributed by atoms with Crippen molar-refractivity contribution in [1.29, 1.82) is 0 Å². The molecule has 0 atom stereocenters. The molecule has 0 unspecified atom stereocenters. The predicted molar refractivity (Wildman–Crippen MR) is 71.6 cm³/mol. The van der Waals surface area contributed by atoms with Gasteiger partial charge in [-0.2, -0.15) is 0 Å². The van der Waals surface area contributed by atoms with Crippen LogP contribution in [0.1, 0.15) is 15.9 Å². The van der Waals surface area contributed by atoms with Gasteiger partial charge in [0.15, 0.2) is 0 Å². The normalized spacial score (nSPS) is 10.1. The van der Waals surface area contributed by atoms with E-state index in [1.54, 1.807) is 12.1 Å². The quantitative estimate of drug-likeness (QED) is 0.864. The van der Waals surface area contributed by atoms with E-state index in [2.05, 4.69) is 5.32 Å². The van der Waals surface area contributed by atoms with Crippen LogP contribution in [0.25, 0.3) is 0 Å². The number of hydrogen-bond acceptors (Lipinski definition) is 2. The summed E-state index contributed by atoms with van der Waals surface area (Å²) in [7, 11) is 0. The standard InChI is InChI=1S/C15H15NO2/c17-10-9-12-5-4-6-13(11-12)15(18)16-14-7-2-1-3-8-14/h1-8,11,17H,9-10H2,(H,16,18). The minimum absolute atomic E-state index is 0.0871. The van der Waals surface area contributed by atoms with Crippen molar-refractivity contribution < 1.29 is 9.90 Å². The van der Waals surface area contributed by atoms with Crippen molar-refractivity contribution in [3.63, 3.8) is 0 Å². The maximum atomic E-state index is 12.0. The van der Waals surface area contributed by atoms with Crippen molar-refractivity contribution >= 4 is 11.6 Å². The Morgan fingerprint density at radius 2 is 1.83 bits per heavy atom. The van der Waals surface area contributed by atoms with Gasteiger partial charge in [-0.1, -0.05) is 30.3 Å². The molecule has 0 spiro atoms. The molecule has 0 aliphatic carbocycles. The summed E-state index contributed by atoms with van der Waals surface area (Å²) in [6, 6.07) is 16.6. The first-order valence-electron chi connectivity index (χ1n) is 5.86. The first-order valence-corrected chi connectivity index (χ1v) is 5.86. The Kier molecular flexibility index (Phi) is 4.10. The largest absolute Gasteiger partial charge is 0.396 e. The molecule has 3 nitrogen and oxygen atoms in total. The van der Waals surface area contributed by atoms with Crippen LogP contribution in [0.4, 0.5) is 5.69 Å². The molecule has 0 heterocycles. The fourth-order valence-corrected chi connectivity index (χ4v) is 1.72. The van der Waals surface area contributed by atoms with Crippen molar-refractivity contribution in [2.24, 2.45) is 0 Å². The average molecular weight is 241 g/mol. The number of carbonyl (C=O) groups is 1. The highest BCUT2D eigenvalue weighted by Gasteiger charge is 2.06. The van der Waals surface area contributed by atoms with Crippen LogP contribution in [0.15, 0.2) is 54.6 Å². The highest BCUT2D eigenvalue weighted by atomic mass is 16.2. The Morgan fingerprint density at radius 3 is 2.56 bits per heavy atom. The summed E-state index contributed by atoms with van der Waals surface area (Å²) in [4.78, 5) is 12.0. The molecule has 3 heteroatoms. The fraction of sp³-hybridized carbons (Fsp3) is 0.133. The molecular formula is C15H15NO2. The molecule has 0 radical (unpaired) electrons. The van der Waals surface area contributed by atoms with E-state index >= 15 is 0 Å². The third-order valence-corrected chi connectivity index (χ3v) is 2.62. The molecule has 1 amide bonds. The second-order valence-electron chi connectivity index (χ2n) is 3.99. The number of amides is 1. The van der Waals surface area contributed by atoms with Crippen molar-refractivity contribution in [2.75, 3.05) is 11.9 Å². The van der Waals surface area contributed by atoms with Gasteiger partial charge in [0.1, 0.15) is 0 Å². The smallest absolute Gasteiger partial charge is 0.255 e. The third-order valence-electron chi connectivity index (χ3n) is 2.62. The Balaban J connectivity index is 2.11. The van der Waals surface area contributed by atoms with Crippen LogP contribution < -0.4 is 5.32 Å². The summed E-state index contributed by atoms with van der Waals surface area (Å²) >= 11 is 0. The van der Waals surface area contributed by atoms with Gasteiger partial charge in [-0.3, -0.25) is 4.79 Å². The first-order chi connectivity index (χ1) is 8.79. The number of benzene rings is 2. The molecule has 0 saturated heterocycles. The van der Waals surface area contributed by atoms with Crippen LogP contribution in [-0.2, 0) is 6.42 Å². The minimum Gasteiger partial charge on any atom is -0.396 e. The Morgan fingerprint density at radius 1 is 1.06 bits per heavy atom. The number of carbonyl (C=O) groups excluding carboxylic acids is 1. The molecule has 2 N–H and O–H groups in total. The molecule has 2 aromatic rings. The lowest BCUT2D eigenvalue weighted by molar-refractivity contribution is 0.102. The van der Waals surface area contributed by atoms with Gasteiger partial charge in [-0.25, -0.2) is 0 Å². The van der Waals surface area contributed by atoms with Crippen molar-refractivity contribution in [3.05, 3.63) is 65.7 Å². The topological polar surface area (TPSA) is 49.3 Å². The summed E-state index contributed by atoms with van der Waals surface area (Å²) < 4.78 is 0. The summed E-state index contributed by atoms with van der Waals surface area (Å²) in [6.07, 6.45) is 0.562. The number of aliphatic hydroxyl groups is 1. The van der Waals surface area contributed by atoms with Gasteiger partial charge in [0, 0.05) is 17.9 Å². The number of nitrogens with one attached hydrogen (secondary N) is 1. The highest BCUT2D eigenvalue weighted by molar-refractivity contribution is 6.04. The Labute approximate surface area is 106 Å². The molecule has 0 saturated carbocycles. The maximum absolute atomic E-state index is 12.0. The van der Waals surface area contributed by atoms with E-state index in [1.807, 2.05) is 42.5 Å². The Hall–Kier alpha value is -2.13. The summed E-state index contributed by atoms with van der Waals surface area (Å²) in [5.74, 6) is -0.138. The zero-order valence-electron chi connectivity index (χ0n) is 9.97. The summed E-state index contributed by atoms with van der Waals surface area (Å²) in [5, 5.41) is 11.7. The number of aliphatic hydroxyl groups excluding tert-OH is 1. The lowest BCUT2D eigenvalue weighted by atomic mass is 10.1. The highest BCUT2D eigenvalue weighted by Crippen LogP contribution is 2.10. The molecule has 2 aromatic carbocycles. The van der Waals surface area contributed by atoms with Crippen LogP contribution in [0.3, 0.4) is 0 Å². The minimum atomic E-state index is -0.138. The SMILES string of the molecule is O=C(Nc1ccccc1)c1cccc(CCO)c1. The average Bonchev–Trinajstić information content (AvgIpc) is 2.40. The molecule has 0 bridgehead atoms. The predicted octanol–water partition coefficient (Wildman–Crippen LogP) is 2.47.